The fourth-order valence-corrected chi connectivity index (χ4v) is 2.86. The van der Waals surface area contributed by atoms with Gasteiger partial charge in [0.1, 0.15) is 5.52 Å². The molecule has 0 aliphatic rings. The molecule has 0 amide bonds. The second kappa shape index (κ2) is 5.01. The number of nitrogens with two attached hydrogens (primary N) is 1. The molecule has 0 radical (unpaired) electrons. The largest absolute Gasteiger partial charge is 0.504 e. The molecule has 0 saturated carbocycles. The first-order chi connectivity index (χ1) is 11.1. The Balaban J connectivity index is 1.62. The van der Waals surface area contributed by atoms with Gasteiger partial charge in [-0.05, 0) is 49.6 Å². The Morgan fingerprint density at radius 3 is 2.91 bits per heavy atom. The smallest absolute Gasteiger partial charge is 0.292 e. The average molecular weight is 308 g/mol. The van der Waals surface area contributed by atoms with Crippen LogP contribution in [0.5, 0.6) is 5.75 Å². The van der Waals surface area contributed by atoms with Crippen molar-refractivity contribution in [1.82, 2.24) is 14.4 Å². The second-order valence-electron chi connectivity index (χ2n) is 5.59. The predicted molar refractivity (Wildman–Crippen MR) is 87.4 cm³/mol. The van der Waals surface area contributed by atoms with Gasteiger partial charge in [-0.2, -0.15) is 4.98 Å². The molecule has 4 aromatic rings. The number of aryl methyl sites for hydroxylation is 3. The number of aromatic nitrogens is 3. The summed E-state index contributed by atoms with van der Waals surface area (Å²) >= 11 is 0. The minimum absolute atomic E-state index is 0.184. The van der Waals surface area contributed by atoms with Crippen molar-refractivity contribution in [3.8, 4) is 5.75 Å². The Bertz CT molecular complexity index is 1020. The van der Waals surface area contributed by atoms with E-state index in [0.29, 0.717) is 11.2 Å². The molecule has 6 heteroatoms. The molecule has 3 aromatic heterocycles. The number of benzene rings is 1. The summed E-state index contributed by atoms with van der Waals surface area (Å²) in [5.74, 6) is 0.195. The maximum Gasteiger partial charge on any atom is 0.292 e. The highest BCUT2D eigenvalue weighted by Gasteiger charge is 2.11. The van der Waals surface area contributed by atoms with Crippen LogP contribution in [0.4, 0.5) is 6.01 Å². The minimum Gasteiger partial charge on any atom is -0.504 e. The lowest BCUT2D eigenvalue weighted by Crippen LogP contribution is -1.94. The van der Waals surface area contributed by atoms with E-state index in [-0.39, 0.29) is 11.8 Å². The van der Waals surface area contributed by atoms with E-state index in [1.165, 1.54) is 0 Å². The number of rotatable bonds is 3. The zero-order valence-electron chi connectivity index (χ0n) is 12.7. The maximum absolute atomic E-state index is 9.90. The molecule has 6 nitrogen and oxygen atoms in total. The van der Waals surface area contributed by atoms with E-state index in [2.05, 4.69) is 9.97 Å². The molecule has 1 aromatic carbocycles. The van der Waals surface area contributed by atoms with Crippen molar-refractivity contribution < 1.29 is 9.52 Å². The van der Waals surface area contributed by atoms with Gasteiger partial charge < -0.3 is 19.7 Å². The zero-order valence-corrected chi connectivity index (χ0v) is 12.7. The lowest BCUT2D eigenvalue weighted by molar-refractivity contribution is 0.477. The highest BCUT2D eigenvalue weighted by atomic mass is 16.4. The van der Waals surface area contributed by atoms with Crippen LogP contribution in [-0.2, 0) is 12.8 Å². The molecule has 4 rings (SSSR count). The van der Waals surface area contributed by atoms with Gasteiger partial charge in [0.2, 0.25) is 0 Å². The number of nitrogen functional groups attached to an aromatic ring is 1. The van der Waals surface area contributed by atoms with Crippen molar-refractivity contribution in [2.75, 3.05) is 5.73 Å². The van der Waals surface area contributed by atoms with E-state index >= 15 is 0 Å². The minimum atomic E-state index is 0.184. The SMILES string of the molecule is Cc1c(CCc2ccc3nc(N)oc3c2)nc2c(O)cccn12. The Hall–Kier alpha value is -3.02. The summed E-state index contributed by atoms with van der Waals surface area (Å²) in [6, 6.07) is 9.53. The van der Waals surface area contributed by atoms with E-state index in [4.69, 9.17) is 10.2 Å². The van der Waals surface area contributed by atoms with Crippen LogP contribution < -0.4 is 5.73 Å². The molecule has 0 atom stereocenters. The Morgan fingerprint density at radius 2 is 2.09 bits per heavy atom. The molecule has 0 aliphatic heterocycles. The molecular weight excluding hydrogens is 292 g/mol. The molecule has 116 valence electrons. The summed E-state index contributed by atoms with van der Waals surface area (Å²) in [5.41, 5.74) is 10.8. The van der Waals surface area contributed by atoms with E-state index in [0.717, 1.165) is 35.3 Å². The van der Waals surface area contributed by atoms with Gasteiger partial charge in [-0.15, -0.1) is 0 Å². The van der Waals surface area contributed by atoms with E-state index in [9.17, 15) is 5.11 Å². The third-order valence-electron chi connectivity index (χ3n) is 4.09. The Morgan fingerprint density at radius 1 is 1.22 bits per heavy atom. The van der Waals surface area contributed by atoms with E-state index in [1.54, 1.807) is 6.07 Å². The molecule has 3 heterocycles. The number of hydrogen-bond donors (Lipinski definition) is 2. The van der Waals surface area contributed by atoms with Gasteiger partial charge in [-0.1, -0.05) is 6.07 Å². The number of oxazole rings is 1. The maximum atomic E-state index is 9.90. The van der Waals surface area contributed by atoms with Crippen molar-refractivity contribution in [2.45, 2.75) is 19.8 Å². The molecule has 3 N–H and O–H groups in total. The van der Waals surface area contributed by atoms with Gasteiger partial charge in [-0.25, -0.2) is 4.98 Å². The number of imidazole rings is 1. The molecular formula is C17H16N4O2. The number of aromatic hydroxyl groups is 1. The van der Waals surface area contributed by atoms with Gasteiger partial charge in [0, 0.05) is 11.9 Å². The summed E-state index contributed by atoms with van der Waals surface area (Å²) in [5, 5.41) is 9.90. The third-order valence-corrected chi connectivity index (χ3v) is 4.09. The lowest BCUT2D eigenvalue weighted by atomic mass is 10.1. The summed E-state index contributed by atoms with van der Waals surface area (Å²) in [6.45, 7) is 2.01. The van der Waals surface area contributed by atoms with Crippen LogP contribution in [0.2, 0.25) is 0 Å². The third kappa shape index (κ3) is 2.28. The van der Waals surface area contributed by atoms with Gasteiger partial charge in [0.05, 0.1) is 5.69 Å². The standard InChI is InChI=1S/C17H16N4O2/c1-10-12(19-16-14(22)3-2-8-21(10)16)6-4-11-5-7-13-15(9-11)23-17(18)20-13/h2-3,5,7-9,22H,4,6H2,1H3,(H2,18,20). The van der Waals surface area contributed by atoms with Crippen LogP contribution >= 0.6 is 0 Å². The second-order valence-corrected chi connectivity index (χ2v) is 5.59. The first kappa shape index (κ1) is 13.6. The monoisotopic (exact) mass is 308 g/mol. The van der Waals surface area contributed by atoms with Gasteiger partial charge >= 0.3 is 0 Å². The predicted octanol–water partition coefficient (Wildman–Crippen LogP) is 2.86. The number of fused-ring (bicyclic) bond motifs is 2. The summed E-state index contributed by atoms with van der Waals surface area (Å²) in [4.78, 5) is 8.64. The van der Waals surface area contributed by atoms with Crippen molar-refractivity contribution in [1.29, 1.82) is 0 Å². The lowest BCUT2D eigenvalue weighted by Gasteiger charge is -2.01. The average Bonchev–Trinajstić information content (AvgIpc) is 3.06. The summed E-state index contributed by atoms with van der Waals surface area (Å²) in [7, 11) is 0. The molecule has 0 spiro atoms. The number of anilines is 1. The first-order valence-electron chi connectivity index (χ1n) is 7.42. The summed E-state index contributed by atoms with van der Waals surface area (Å²) in [6.07, 6.45) is 3.51. The molecule has 0 fully saturated rings. The van der Waals surface area contributed by atoms with Crippen LogP contribution in [0, 0.1) is 6.92 Å². The zero-order chi connectivity index (χ0) is 16.0. The van der Waals surface area contributed by atoms with E-state index < -0.39 is 0 Å². The topological polar surface area (TPSA) is 89.6 Å². The summed E-state index contributed by atoms with van der Waals surface area (Å²) < 4.78 is 7.27. The van der Waals surface area contributed by atoms with Crippen LogP contribution in [0.1, 0.15) is 17.0 Å². The Labute approximate surface area is 132 Å². The first-order valence-corrected chi connectivity index (χ1v) is 7.42. The van der Waals surface area contributed by atoms with Gasteiger partial charge in [0.25, 0.3) is 6.01 Å². The van der Waals surface area contributed by atoms with Gasteiger partial charge in [-0.3, -0.25) is 0 Å². The van der Waals surface area contributed by atoms with Crippen LogP contribution in [-0.4, -0.2) is 19.5 Å². The van der Waals surface area contributed by atoms with Crippen LogP contribution in [0.25, 0.3) is 16.7 Å². The quantitative estimate of drug-likeness (QED) is 0.607. The Kier molecular flexibility index (Phi) is 2.97. The molecule has 0 bridgehead atoms. The van der Waals surface area contributed by atoms with Crippen LogP contribution in [0.15, 0.2) is 40.9 Å². The number of hydrogen-bond acceptors (Lipinski definition) is 5. The van der Waals surface area contributed by atoms with Crippen molar-refractivity contribution >= 4 is 22.8 Å². The van der Waals surface area contributed by atoms with Crippen LogP contribution in [0.3, 0.4) is 0 Å². The van der Waals surface area contributed by atoms with E-state index in [1.807, 2.05) is 41.8 Å². The molecule has 0 unspecified atom stereocenters. The number of pyridine rings is 1. The van der Waals surface area contributed by atoms with Crippen molar-refractivity contribution in [2.24, 2.45) is 0 Å². The fraction of sp³-hybridized carbons (Fsp3) is 0.176. The highest BCUT2D eigenvalue weighted by molar-refractivity contribution is 5.74. The molecule has 0 aliphatic carbocycles. The molecule has 23 heavy (non-hydrogen) atoms. The number of nitrogens with zero attached hydrogens (tertiary/aromatic N) is 3. The van der Waals surface area contributed by atoms with Crippen molar-refractivity contribution in [3.05, 3.63) is 53.5 Å². The molecule has 0 saturated heterocycles. The normalized spacial score (nSPS) is 11.5. The fourth-order valence-electron chi connectivity index (χ4n) is 2.86. The highest BCUT2D eigenvalue weighted by Crippen LogP contribution is 2.22. The van der Waals surface area contributed by atoms with Crippen molar-refractivity contribution in [3.63, 3.8) is 0 Å². The van der Waals surface area contributed by atoms with Gasteiger partial charge in [0.15, 0.2) is 17.0 Å².